The Balaban J connectivity index is 1.96. The Hall–Kier alpha value is -1.98. The number of benzene rings is 2. The van der Waals surface area contributed by atoms with Gasteiger partial charge in [-0.25, -0.2) is 4.79 Å². The maximum Gasteiger partial charge on any atom is 0.337 e. The summed E-state index contributed by atoms with van der Waals surface area (Å²) in [5.74, 6) is -0.294. The lowest BCUT2D eigenvalue weighted by atomic mass is 10.1. The van der Waals surface area contributed by atoms with Crippen LogP contribution in [-0.4, -0.2) is 44.2 Å². The average molecular weight is 356 g/mol. The summed E-state index contributed by atoms with van der Waals surface area (Å²) < 4.78 is 4.86. The van der Waals surface area contributed by atoms with Crippen molar-refractivity contribution in [2.75, 3.05) is 38.2 Å². The predicted molar refractivity (Wildman–Crippen MR) is 103 cm³/mol. The maximum absolute atomic E-state index is 11.9. The van der Waals surface area contributed by atoms with E-state index in [9.17, 15) is 4.79 Å². The van der Waals surface area contributed by atoms with Gasteiger partial charge in [0.15, 0.2) is 0 Å². The van der Waals surface area contributed by atoms with Crippen LogP contribution >= 0.6 is 11.8 Å². The number of anilines is 2. The zero-order chi connectivity index (χ0) is 17.8. The van der Waals surface area contributed by atoms with Gasteiger partial charge in [-0.2, -0.15) is 0 Å². The van der Waals surface area contributed by atoms with E-state index in [2.05, 4.69) is 47.9 Å². The number of hydrogen-bond acceptors (Lipinski definition) is 5. The molecule has 0 bridgehead atoms. The van der Waals surface area contributed by atoms with Gasteiger partial charge in [-0.05, 0) is 43.4 Å². The second-order valence-corrected chi connectivity index (χ2v) is 7.01. The highest BCUT2D eigenvalue weighted by Crippen LogP contribution is 2.48. The second kappa shape index (κ2) is 7.93. The topological polar surface area (TPSA) is 32.8 Å². The number of nitrogens with zero attached hydrogens (tertiary/aromatic N) is 2. The van der Waals surface area contributed by atoms with E-state index >= 15 is 0 Å². The van der Waals surface area contributed by atoms with E-state index in [-0.39, 0.29) is 5.97 Å². The summed E-state index contributed by atoms with van der Waals surface area (Å²) in [5, 5.41) is 0. The van der Waals surface area contributed by atoms with E-state index in [1.165, 1.54) is 17.7 Å². The number of esters is 1. The molecule has 0 aromatic heterocycles. The fourth-order valence-corrected chi connectivity index (χ4v) is 4.24. The van der Waals surface area contributed by atoms with Gasteiger partial charge in [-0.3, -0.25) is 0 Å². The molecule has 0 amide bonds. The molecule has 0 atom stereocenters. The third-order valence-electron chi connectivity index (χ3n) is 4.58. The molecule has 1 heterocycles. The average Bonchev–Trinajstić information content (AvgIpc) is 2.66. The molecule has 0 radical (unpaired) electrons. The minimum absolute atomic E-state index is 0.294. The van der Waals surface area contributed by atoms with Gasteiger partial charge in [0.2, 0.25) is 0 Å². The molecule has 4 nitrogen and oxygen atoms in total. The molecule has 25 heavy (non-hydrogen) atoms. The first-order valence-corrected chi connectivity index (χ1v) is 9.48. The van der Waals surface area contributed by atoms with Crippen molar-refractivity contribution >= 4 is 29.1 Å². The second-order valence-electron chi connectivity index (χ2n) is 5.92. The molecule has 3 rings (SSSR count). The minimum atomic E-state index is -0.294. The Morgan fingerprint density at radius 2 is 1.80 bits per heavy atom. The van der Waals surface area contributed by atoms with Gasteiger partial charge in [0.25, 0.3) is 0 Å². The fourth-order valence-electron chi connectivity index (χ4n) is 3.10. The fraction of sp³-hybridized carbons (Fsp3) is 0.350. The zero-order valence-electron chi connectivity index (χ0n) is 15.0. The van der Waals surface area contributed by atoms with E-state index < -0.39 is 0 Å². The lowest BCUT2D eigenvalue weighted by Gasteiger charge is -2.34. The molecule has 0 fully saturated rings. The van der Waals surface area contributed by atoms with Crippen LogP contribution in [-0.2, 0) is 4.74 Å². The highest BCUT2D eigenvalue weighted by molar-refractivity contribution is 7.99. The molecule has 1 aliphatic rings. The molecule has 0 spiro atoms. The maximum atomic E-state index is 11.9. The summed E-state index contributed by atoms with van der Waals surface area (Å²) in [6.07, 6.45) is 0. The molecule has 5 heteroatoms. The van der Waals surface area contributed by atoms with Crippen LogP contribution in [0.2, 0.25) is 0 Å². The normalized spacial score (nSPS) is 12.7. The van der Waals surface area contributed by atoms with E-state index in [0.29, 0.717) is 5.56 Å². The highest BCUT2D eigenvalue weighted by atomic mass is 32.2. The van der Waals surface area contributed by atoms with Crippen molar-refractivity contribution in [1.82, 2.24) is 4.90 Å². The van der Waals surface area contributed by atoms with Gasteiger partial charge >= 0.3 is 5.97 Å². The van der Waals surface area contributed by atoms with Crippen molar-refractivity contribution in [3.8, 4) is 0 Å². The van der Waals surface area contributed by atoms with Crippen LogP contribution in [0.25, 0.3) is 0 Å². The number of hydrogen-bond donors (Lipinski definition) is 0. The molecule has 2 aromatic carbocycles. The van der Waals surface area contributed by atoms with Crippen LogP contribution in [0.15, 0.2) is 52.3 Å². The Kier molecular flexibility index (Phi) is 5.66. The third-order valence-corrected chi connectivity index (χ3v) is 5.69. The SMILES string of the molecule is CCN(CC)CCN1c2ccccc2Sc2cc(C(=O)OC)ccc21. The van der Waals surface area contributed by atoms with Crippen LogP contribution in [0, 0.1) is 0 Å². The molecule has 0 unspecified atom stereocenters. The Morgan fingerprint density at radius 1 is 1.08 bits per heavy atom. The first-order valence-electron chi connectivity index (χ1n) is 8.67. The van der Waals surface area contributed by atoms with Crippen LogP contribution in [0.5, 0.6) is 0 Å². The van der Waals surface area contributed by atoms with Crippen molar-refractivity contribution in [2.45, 2.75) is 23.6 Å². The van der Waals surface area contributed by atoms with E-state index in [4.69, 9.17) is 4.74 Å². The van der Waals surface area contributed by atoms with Crippen LogP contribution in [0.1, 0.15) is 24.2 Å². The number of likely N-dealkylation sites (N-methyl/N-ethyl adjacent to an activating group) is 1. The van der Waals surface area contributed by atoms with Gasteiger partial charge in [-0.1, -0.05) is 37.7 Å². The predicted octanol–water partition coefficient (Wildman–Crippen LogP) is 4.42. The summed E-state index contributed by atoms with van der Waals surface area (Å²) in [7, 11) is 1.42. The molecular weight excluding hydrogens is 332 g/mol. The molecule has 1 aliphatic heterocycles. The Labute approximate surface area is 153 Å². The van der Waals surface area contributed by atoms with Crippen molar-refractivity contribution in [2.24, 2.45) is 0 Å². The number of carbonyl (C=O) groups excluding carboxylic acids is 1. The smallest absolute Gasteiger partial charge is 0.337 e. The van der Waals surface area contributed by atoms with Gasteiger partial charge in [0.05, 0.1) is 24.0 Å². The number of carbonyl (C=O) groups is 1. The number of methoxy groups -OCH3 is 1. The number of para-hydroxylation sites is 1. The largest absolute Gasteiger partial charge is 0.465 e. The molecule has 0 aliphatic carbocycles. The van der Waals surface area contributed by atoms with Crippen molar-refractivity contribution < 1.29 is 9.53 Å². The van der Waals surface area contributed by atoms with Gasteiger partial charge in [-0.15, -0.1) is 0 Å². The summed E-state index contributed by atoms with van der Waals surface area (Å²) >= 11 is 1.71. The molecular formula is C20H24N2O2S. The molecule has 0 N–H and O–H groups in total. The standard InChI is InChI=1S/C20H24N2O2S/c1-4-21(5-2)12-13-22-16-8-6-7-9-18(16)25-19-14-15(20(23)24-3)10-11-17(19)22/h6-11,14H,4-5,12-13H2,1-3H3. The summed E-state index contributed by atoms with van der Waals surface area (Å²) in [4.78, 5) is 19.0. The zero-order valence-corrected chi connectivity index (χ0v) is 15.8. The van der Waals surface area contributed by atoms with Crippen LogP contribution in [0.4, 0.5) is 11.4 Å². The Morgan fingerprint density at radius 3 is 2.52 bits per heavy atom. The number of fused-ring (bicyclic) bond motifs is 2. The summed E-state index contributed by atoms with van der Waals surface area (Å²) in [5.41, 5.74) is 2.98. The van der Waals surface area contributed by atoms with Crippen molar-refractivity contribution in [3.05, 3.63) is 48.0 Å². The lowest BCUT2D eigenvalue weighted by Crippen LogP contribution is -2.33. The van der Waals surface area contributed by atoms with Gasteiger partial charge < -0.3 is 14.5 Å². The van der Waals surface area contributed by atoms with Crippen LogP contribution < -0.4 is 4.90 Å². The summed E-state index contributed by atoms with van der Waals surface area (Å²) in [6, 6.07) is 14.3. The molecule has 0 saturated heterocycles. The van der Waals surface area contributed by atoms with E-state index in [1.54, 1.807) is 11.8 Å². The van der Waals surface area contributed by atoms with Gasteiger partial charge in [0.1, 0.15) is 0 Å². The quantitative estimate of drug-likeness (QED) is 0.716. The van der Waals surface area contributed by atoms with E-state index in [0.717, 1.165) is 36.8 Å². The van der Waals surface area contributed by atoms with Crippen molar-refractivity contribution in [3.63, 3.8) is 0 Å². The Bertz CT molecular complexity index is 759. The molecule has 0 saturated carbocycles. The van der Waals surface area contributed by atoms with Crippen molar-refractivity contribution in [1.29, 1.82) is 0 Å². The minimum Gasteiger partial charge on any atom is -0.465 e. The highest BCUT2D eigenvalue weighted by Gasteiger charge is 2.24. The monoisotopic (exact) mass is 356 g/mol. The first kappa shape index (κ1) is 17.8. The molecule has 2 aromatic rings. The van der Waals surface area contributed by atoms with Crippen LogP contribution in [0.3, 0.4) is 0 Å². The number of ether oxygens (including phenoxy) is 1. The molecule has 132 valence electrons. The van der Waals surface area contributed by atoms with Gasteiger partial charge in [0, 0.05) is 22.9 Å². The van der Waals surface area contributed by atoms with E-state index in [1.807, 2.05) is 18.2 Å². The number of rotatable bonds is 6. The first-order chi connectivity index (χ1) is 12.2. The summed E-state index contributed by atoms with van der Waals surface area (Å²) in [6.45, 7) is 8.41. The lowest BCUT2D eigenvalue weighted by molar-refractivity contribution is 0.0600. The third kappa shape index (κ3) is 3.67.